The van der Waals surface area contributed by atoms with Gasteiger partial charge >= 0.3 is 0 Å². The van der Waals surface area contributed by atoms with Crippen molar-refractivity contribution >= 4 is 5.91 Å². The molecule has 14 heavy (non-hydrogen) atoms. The quantitative estimate of drug-likeness (QED) is 0.728. The second kappa shape index (κ2) is 5.35. The molecule has 3 heteroatoms. The highest BCUT2D eigenvalue weighted by atomic mass is 16.2. The van der Waals surface area contributed by atoms with E-state index < -0.39 is 0 Å². The summed E-state index contributed by atoms with van der Waals surface area (Å²) in [5, 5.41) is 0. The smallest absolute Gasteiger partial charge is 0.219 e. The summed E-state index contributed by atoms with van der Waals surface area (Å²) in [6.07, 6.45) is 4.53. The third kappa shape index (κ3) is 2.98. The maximum absolute atomic E-state index is 11.3. The van der Waals surface area contributed by atoms with Gasteiger partial charge in [0.05, 0.1) is 0 Å². The van der Waals surface area contributed by atoms with Gasteiger partial charge in [-0.15, -0.1) is 0 Å². The number of hydrogen-bond acceptors (Lipinski definition) is 2. The molecule has 2 N–H and O–H groups in total. The first kappa shape index (κ1) is 11.5. The van der Waals surface area contributed by atoms with E-state index in [4.69, 9.17) is 5.73 Å². The minimum absolute atomic E-state index is 0.195. The van der Waals surface area contributed by atoms with E-state index in [9.17, 15) is 4.79 Å². The first-order chi connectivity index (χ1) is 6.65. The molecule has 0 aromatic carbocycles. The fourth-order valence-electron chi connectivity index (χ4n) is 2.14. The lowest BCUT2D eigenvalue weighted by atomic mass is 9.93. The van der Waals surface area contributed by atoms with Crippen LogP contribution in [0.3, 0.4) is 0 Å². The summed E-state index contributed by atoms with van der Waals surface area (Å²) in [6.45, 7) is 5.56. The molecule has 1 saturated heterocycles. The number of carbonyl (C=O) groups excluding carboxylic acids is 1. The van der Waals surface area contributed by atoms with Crippen molar-refractivity contribution in [1.82, 2.24) is 4.90 Å². The molecular formula is C11H22N2O. The topological polar surface area (TPSA) is 46.3 Å². The van der Waals surface area contributed by atoms with Crippen LogP contribution >= 0.6 is 0 Å². The summed E-state index contributed by atoms with van der Waals surface area (Å²) in [4.78, 5) is 13.2. The Morgan fingerprint density at radius 1 is 1.57 bits per heavy atom. The lowest BCUT2D eigenvalue weighted by Crippen LogP contribution is -2.39. The summed E-state index contributed by atoms with van der Waals surface area (Å²) >= 11 is 0. The Bertz CT molecular complexity index is 194. The first-order valence-electron chi connectivity index (χ1n) is 5.66. The van der Waals surface area contributed by atoms with Crippen molar-refractivity contribution in [2.75, 3.05) is 13.1 Å². The van der Waals surface area contributed by atoms with Crippen LogP contribution in [-0.2, 0) is 4.79 Å². The van der Waals surface area contributed by atoms with Gasteiger partial charge in [-0.2, -0.15) is 0 Å². The first-order valence-corrected chi connectivity index (χ1v) is 5.66. The van der Waals surface area contributed by atoms with Gasteiger partial charge in [0.15, 0.2) is 0 Å². The lowest BCUT2D eigenvalue weighted by Gasteiger charge is -2.26. The summed E-state index contributed by atoms with van der Waals surface area (Å²) in [6, 6.07) is 0.259. The van der Waals surface area contributed by atoms with Crippen LogP contribution in [0.25, 0.3) is 0 Å². The maximum atomic E-state index is 11.3. The predicted octanol–water partition coefficient (Wildman–Crippen LogP) is 1.37. The number of rotatable bonds is 2. The van der Waals surface area contributed by atoms with Crippen molar-refractivity contribution in [2.45, 2.75) is 45.6 Å². The molecule has 0 aromatic heterocycles. The second-order valence-electron chi connectivity index (χ2n) is 4.29. The Hall–Kier alpha value is -0.570. The van der Waals surface area contributed by atoms with Crippen LogP contribution in [0.4, 0.5) is 0 Å². The molecule has 1 aliphatic heterocycles. The van der Waals surface area contributed by atoms with Gasteiger partial charge in [0.25, 0.3) is 0 Å². The van der Waals surface area contributed by atoms with Crippen molar-refractivity contribution in [3.05, 3.63) is 0 Å². The highest BCUT2D eigenvalue weighted by Crippen LogP contribution is 2.20. The molecule has 1 aliphatic rings. The lowest BCUT2D eigenvalue weighted by molar-refractivity contribution is -0.129. The van der Waals surface area contributed by atoms with E-state index in [0.29, 0.717) is 5.92 Å². The largest absolute Gasteiger partial charge is 0.343 e. The number of amides is 1. The van der Waals surface area contributed by atoms with E-state index in [0.717, 1.165) is 25.9 Å². The van der Waals surface area contributed by atoms with Crippen LogP contribution in [-0.4, -0.2) is 29.9 Å². The zero-order valence-corrected chi connectivity index (χ0v) is 9.33. The van der Waals surface area contributed by atoms with Crippen LogP contribution in [0.15, 0.2) is 0 Å². The Kier molecular flexibility index (Phi) is 4.39. The Morgan fingerprint density at radius 2 is 2.29 bits per heavy atom. The molecule has 0 aromatic rings. The van der Waals surface area contributed by atoms with E-state index in [1.165, 1.54) is 12.8 Å². The van der Waals surface area contributed by atoms with Gasteiger partial charge in [0.2, 0.25) is 5.91 Å². The van der Waals surface area contributed by atoms with Gasteiger partial charge in [-0.25, -0.2) is 0 Å². The molecular weight excluding hydrogens is 176 g/mol. The SMILES string of the molecule is CCC(N)C1CCCCN(C(C)=O)C1. The number of likely N-dealkylation sites (tertiary alicyclic amines) is 1. The molecule has 0 spiro atoms. The van der Waals surface area contributed by atoms with Crippen LogP contribution in [0, 0.1) is 5.92 Å². The highest BCUT2D eigenvalue weighted by Gasteiger charge is 2.23. The number of nitrogens with two attached hydrogens (primary N) is 1. The van der Waals surface area contributed by atoms with Crippen molar-refractivity contribution < 1.29 is 4.79 Å². The van der Waals surface area contributed by atoms with Crippen LogP contribution in [0.2, 0.25) is 0 Å². The van der Waals surface area contributed by atoms with Gasteiger partial charge in [-0.3, -0.25) is 4.79 Å². The zero-order valence-electron chi connectivity index (χ0n) is 9.33. The Labute approximate surface area is 86.6 Å². The molecule has 1 rings (SSSR count). The van der Waals surface area contributed by atoms with Crippen LogP contribution in [0.5, 0.6) is 0 Å². The average molecular weight is 198 g/mol. The third-order valence-corrected chi connectivity index (χ3v) is 3.23. The minimum atomic E-state index is 0.195. The van der Waals surface area contributed by atoms with Crippen molar-refractivity contribution in [2.24, 2.45) is 11.7 Å². The summed E-state index contributed by atoms with van der Waals surface area (Å²) in [7, 11) is 0. The summed E-state index contributed by atoms with van der Waals surface area (Å²) < 4.78 is 0. The van der Waals surface area contributed by atoms with Crippen LogP contribution in [0.1, 0.15) is 39.5 Å². The van der Waals surface area contributed by atoms with Gasteiger partial charge in [0.1, 0.15) is 0 Å². The highest BCUT2D eigenvalue weighted by molar-refractivity contribution is 5.73. The van der Waals surface area contributed by atoms with Gasteiger partial charge in [0, 0.05) is 26.1 Å². The third-order valence-electron chi connectivity index (χ3n) is 3.23. The molecule has 1 heterocycles. The molecule has 0 aliphatic carbocycles. The fraction of sp³-hybridized carbons (Fsp3) is 0.909. The van der Waals surface area contributed by atoms with E-state index in [2.05, 4.69) is 6.92 Å². The van der Waals surface area contributed by atoms with Crippen molar-refractivity contribution in [1.29, 1.82) is 0 Å². The van der Waals surface area contributed by atoms with E-state index in [1.54, 1.807) is 6.92 Å². The number of nitrogens with zero attached hydrogens (tertiary/aromatic N) is 1. The van der Waals surface area contributed by atoms with Gasteiger partial charge in [-0.1, -0.05) is 13.3 Å². The molecule has 1 amide bonds. The molecule has 0 radical (unpaired) electrons. The maximum Gasteiger partial charge on any atom is 0.219 e. The van der Waals surface area contributed by atoms with Crippen molar-refractivity contribution in [3.8, 4) is 0 Å². The normalized spacial score (nSPS) is 25.6. The molecule has 2 atom stereocenters. The van der Waals surface area contributed by atoms with Crippen molar-refractivity contribution in [3.63, 3.8) is 0 Å². The van der Waals surface area contributed by atoms with Gasteiger partial charge < -0.3 is 10.6 Å². The zero-order chi connectivity index (χ0) is 10.6. The summed E-state index contributed by atoms with van der Waals surface area (Å²) in [5.41, 5.74) is 6.04. The number of carbonyl (C=O) groups is 1. The summed E-state index contributed by atoms with van der Waals surface area (Å²) in [5.74, 6) is 0.701. The molecule has 2 unspecified atom stereocenters. The molecule has 1 fully saturated rings. The molecule has 3 nitrogen and oxygen atoms in total. The molecule has 0 saturated carbocycles. The Morgan fingerprint density at radius 3 is 2.86 bits per heavy atom. The minimum Gasteiger partial charge on any atom is -0.343 e. The predicted molar refractivity (Wildman–Crippen MR) is 57.9 cm³/mol. The van der Waals surface area contributed by atoms with E-state index in [-0.39, 0.29) is 11.9 Å². The van der Waals surface area contributed by atoms with Gasteiger partial charge in [-0.05, 0) is 25.2 Å². The van der Waals surface area contributed by atoms with E-state index in [1.807, 2.05) is 4.90 Å². The van der Waals surface area contributed by atoms with E-state index >= 15 is 0 Å². The standard InChI is InChI=1S/C11H22N2O/c1-3-11(12)10-6-4-5-7-13(8-10)9(2)14/h10-11H,3-8,12H2,1-2H3. The second-order valence-corrected chi connectivity index (χ2v) is 4.29. The fourth-order valence-corrected chi connectivity index (χ4v) is 2.14. The van der Waals surface area contributed by atoms with Crippen LogP contribution < -0.4 is 5.73 Å². The molecule has 82 valence electrons. The monoisotopic (exact) mass is 198 g/mol. The average Bonchev–Trinajstić information content (AvgIpc) is 2.41. The number of hydrogen-bond donors (Lipinski definition) is 1. The Balaban J connectivity index is 2.55. The molecule has 0 bridgehead atoms.